The quantitative estimate of drug-likeness (QED) is 0.454. The molecule has 4 nitrogen and oxygen atoms in total. The molecule has 0 spiro atoms. The average molecular weight is 291 g/mol. The van der Waals surface area contributed by atoms with Crippen LogP contribution in [0.3, 0.4) is 0 Å². The topological polar surface area (TPSA) is 38.3 Å². The van der Waals surface area contributed by atoms with E-state index in [1.54, 1.807) is 19.3 Å². The Morgan fingerprint density at radius 2 is 2.00 bits per heavy atom. The van der Waals surface area contributed by atoms with E-state index in [9.17, 15) is 4.79 Å². The van der Waals surface area contributed by atoms with Gasteiger partial charge in [-0.3, -0.25) is 14.6 Å². The minimum atomic E-state index is -0.331. The fourth-order valence-corrected chi connectivity index (χ4v) is 2.33. The summed E-state index contributed by atoms with van der Waals surface area (Å²) in [6.45, 7) is 6.09. The number of carbonyl (C=O) groups excluding carboxylic acids is 1. The summed E-state index contributed by atoms with van der Waals surface area (Å²) < 4.78 is 6.15. The molecular weight excluding hydrogens is 264 g/mol. The van der Waals surface area contributed by atoms with Crippen LogP contribution in [0.25, 0.3) is 6.08 Å². The largest absolute Gasteiger partial charge is 0.315 e. The second kappa shape index (κ2) is 8.60. The first-order valence-electron chi connectivity index (χ1n) is 7.46. The van der Waals surface area contributed by atoms with Gasteiger partial charge in [-0.2, -0.15) is 0 Å². The normalized spacial score (nSPS) is 15.6. The molecule has 1 aromatic carbocycles. The molecule has 0 bridgehead atoms. The molecule has 1 amide bonds. The predicted molar refractivity (Wildman–Crippen MR) is 86.3 cm³/mol. The van der Waals surface area contributed by atoms with Crippen molar-refractivity contribution in [2.45, 2.75) is 26.6 Å². The third-order valence-corrected chi connectivity index (χ3v) is 3.74. The Bertz CT molecular complexity index is 459. The summed E-state index contributed by atoms with van der Waals surface area (Å²) in [6, 6.07) is 9.76. The van der Waals surface area contributed by atoms with Gasteiger partial charge in [-0.1, -0.05) is 37.3 Å². The Morgan fingerprint density at radius 1 is 1.33 bits per heavy atom. The second-order valence-electron chi connectivity index (χ2n) is 5.36. The van der Waals surface area contributed by atoms with Crippen LogP contribution in [-0.4, -0.2) is 44.0 Å². The molecule has 4 heteroatoms. The number of ether oxygens (including phenoxy) is 1. The zero-order valence-corrected chi connectivity index (χ0v) is 13.5. The van der Waals surface area contributed by atoms with E-state index in [2.05, 4.69) is 26.2 Å². The molecule has 2 atom stereocenters. The Balaban J connectivity index is 2.68. The first kappa shape index (κ1) is 17.4. The van der Waals surface area contributed by atoms with Gasteiger partial charge < -0.3 is 4.74 Å². The lowest BCUT2D eigenvalue weighted by Gasteiger charge is -2.39. The molecule has 0 aliphatic heterocycles. The minimum Gasteiger partial charge on any atom is -0.315 e. The number of nitrogens with zero attached hydrogens (tertiary/aromatic N) is 1. The highest BCUT2D eigenvalue weighted by Gasteiger charge is 2.31. The molecule has 1 N–H and O–H groups in total. The highest BCUT2D eigenvalue weighted by molar-refractivity contribution is 5.91. The Kier molecular flexibility index (Phi) is 7.12. The van der Waals surface area contributed by atoms with Crippen molar-refractivity contribution in [1.29, 1.82) is 0 Å². The van der Waals surface area contributed by atoms with E-state index in [1.807, 2.05) is 30.3 Å². The summed E-state index contributed by atoms with van der Waals surface area (Å²) in [5.74, 6) is -0.139. The highest BCUT2D eigenvalue weighted by Crippen LogP contribution is 2.10. The fourth-order valence-electron chi connectivity index (χ4n) is 2.33. The van der Waals surface area contributed by atoms with Crippen molar-refractivity contribution in [2.75, 3.05) is 27.2 Å². The van der Waals surface area contributed by atoms with Crippen molar-refractivity contribution in [2.24, 2.45) is 0 Å². The molecule has 0 aliphatic rings. The molecule has 2 unspecified atom stereocenters. The summed E-state index contributed by atoms with van der Waals surface area (Å²) in [7, 11) is 3.73. The van der Waals surface area contributed by atoms with Gasteiger partial charge in [0.2, 0.25) is 5.91 Å². The predicted octanol–water partition coefficient (Wildman–Crippen LogP) is 2.62. The Labute approximate surface area is 128 Å². The number of carbonyl (C=O) groups is 1. The molecule has 116 valence electrons. The summed E-state index contributed by atoms with van der Waals surface area (Å²) in [5, 5.41) is 2.94. The van der Waals surface area contributed by atoms with Crippen LogP contribution >= 0.6 is 0 Å². The molecule has 1 aromatic rings. The van der Waals surface area contributed by atoms with Crippen LogP contribution in [0, 0.1) is 0 Å². The van der Waals surface area contributed by atoms with Crippen LogP contribution in [0.5, 0.6) is 0 Å². The third-order valence-electron chi connectivity index (χ3n) is 3.74. The number of benzene rings is 1. The maximum atomic E-state index is 12.1. The summed E-state index contributed by atoms with van der Waals surface area (Å²) in [4.78, 5) is 12.1. The first-order chi connectivity index (χ1) is 10.1. The summed E-state index contributed by atoms with van der Waals surface area (Å²) >= 11 is 0. The summed E-state index contributed by atoms with van der Waals surface area (Å²) in [6.07, 6.45) is 4.06. The standard InChI is InChI=1S/C17H26N2O2/c1-5-14-19(3,6-2)17(21-4)18-16(20)13-12-15-10-8-7-9-11-15/h7-13,17H,5-6,14H2,1-4H3/p+1. The SMILES string of the molecule is CCC[N+](C)(CC)C(NC(=O)C=Cc1ccccc1)OC. The average Bonchev–Trinajstić information content (AvgIpc) is 2.51. The third kappa shape index (κ3) is 5.33. The van der Waals surface area contributed by atoms with Gasteiger partial charge in [0, 0.05) is 13.2 Å². The molecule has 21 heavy (non-hydrogen) atoms. The van der Waals surface area contributed by atoms with Gasteiger partial charge in [0.05, 0.1) is 20.1 Å². The van der Waals surface area contributed by atoms with Crippen molar-refractivity contribution in [1.82, 2.24) is 5.32 Å². The number of hydrogen-bond acceptors (Lipinski definition) is 2. The number of amides is 1. The lowest BCUT2D eigenvalue weighted by Crippen LogP contribution is -2.60. The number of nitrogens with one attached hydrogen (secondary N) is 1. The van der Waals surface area contributed by atoms with Gasteiger partial charge in [0.25, 0.3) is 6.35 Å². The van der Waals surface area contributed by atoms with E-state index in [0.717, 1.165) is 25.1 Å². The van der Waals surface area contributed by atoms with Gasteiger partial charge >= 0.3 is 0 Å². The van der Waals surface area contributed by atoms with Crippen molar-refractivity contribution in [3.8, 4) is 0 Å². The van der Waals surface area contributed by atoms with Crippen molar-refractivity contribution < 1.29 is 14.0 Å². The van der Waals surface area contributed by atoms with Crippen LogP contribution in [0.1, 0.15) is 25.8 Å². The molecule has 0 fully saturated rings. The lowest BCUT2D eigenvalue weighted by atomic mass is 10.2. The number of methoxy groups -OCH3 is 1. The molecule has 0 aromatic heterocycles. The maximum Gasteiger partial charge on any atom is 0.276 e. The van der Waals surface area contributed by atoms with Crippen molar-refractivity contribution in [3.05, 3.63) is 42.0 Å². The van der Waals surface area contributed by atoms with E-state index < -0.39 is 0 Å². The fraction of sp³-hybridized carbons (Fsp3) is 0.471. The number of quaternary nitrogens is 1. The molecule has 0 heterocycles. The highest BCUT2D eigenvalue weighted by atomic mass is 16.5. The number of hydrogen-bond donors (Lipinski definition) is 1. The van der Waals surface area contributed by atoms with Crippen LogP contribution in [0.15, 0.2) is 36.4 Å². The van der Waals surface area contributed by atoms with E-state index in [0.29, 0.717) is 4.48 Å². The molecule has 1 rings (SSSR count). The van der Waals surface area contributed by atoms with Gasteiger partial charge in [0.15, 0.2) is 0 Å². The van der Waals surface area contributed by atoms with Crippen LogP contribution in [0.2, 0.25) is 0 Å². The van der Waals surface area contributed by atoms with Crippen LogP contribution in [0.4, 0.5) is 0 Å². The van der Waals surface area contributed by atoms with Gasteiger partial charge in [0.1, 0.15) is 0 Å². The van der Waals surface area contributed by atoms with Crippen LogP contribution < -0.4 is 5.32 Å². The smallest absolute Gasteiger partial charge is 0.276 e. The van der Waals surface area contributed by atoms with Gasteiger partial charge in [-0.15, -0.1) is 0 Å². The van der Waals surface area contributed by atoms with Crippen LogP contribution in [-0.2, 0) is 9.53 Å². The Hall–Kier alpha value is -1.65. The monoisotopic (exact) mass is 291 g/mol. The molecular formula is C17H27N2O2+. The Morgan fingerprint density at radius 3 is 2.52 bits per heavy atom. The molecule has 0 saturated carbocycles. The summed E-state index contributed by atoms with van der Waals surface area (Å²) in [5.41, 5.74) is 1.00. The molecule has 0 aliphatic carbocycles. The van der Waals surface area contributed by atoms with E-state index in [4.69, 9.17) is 4.74 Å². The van der Waals surface area contributed by atoms with Gasteiger partial charge in [-0.05, 0) is 25.0 Å². The lowest BCUT2D eigenvalue weighted by molar-refractivity contribution is -0.955. The molecule has 0 radical (unpaired) electrons. The minimum absolute atomic E-state index is 0.139. The first-order valence-corrected chi connectivity index (χ1v) is 7.46. The van der Waals surface area contributed by atoms with Crippen molar-refractivity contribution in [3.63, 3.8) is 0 Å². The maximum absolute atomic E-state index is 12.1. The molecule has 0 saturated heterocycles. The second-order valence-corrected chi connectivity index (χ2v) is 5.36. The van der Waals surface area contributed by atoms with E-state index in [-0.39, 0.29) is 12.3 Å². The zero-order chi connectivity index (χ0) is 15.7. The number of rotatable bonds is 8. The van der Waals surface area contributed by atoms with Crippen molar-refractivity contribution >= 4 is 12.0 Å². The van der Waals surface area contributed by atoms with E-state index >= 15 is 0 Å². The van der Waals surface area contributed by atoms with E-state index in [1.165, 1.54) is 0 Å². The van der Waals surface area contributed by atoms with Gasteiger partial charge in [-0.25, -0.2) is 0 Å². The zero-order valence-electron chi connectivity index (χ0n) is 13.5.